The van der Waals surface area contributed by atoms with Crippen LogP contribution in [0, 0.1) is 5.41 Å². The molecule has 0 saturated carbocycles. The molecule has 7 heteroatoms. The van der Waals surface area contributed by atoms with Crippen LogP contribution < -0.4 is 4.72 Å². The van der Waals surface area contributed by atoms with Gasteiger partial charge >= 0.3 is 6.09 Å². The van der Waals surface area contributed by atoms with Gasteiger partial charge in [0.1, 0.15) is 10.3 Å². The topological polar surface area (TPSA) is 64.6 Å². The third kappa shape index (κ3) is 5.77. The van der Waals surface area contributed by atoms with Crippen molar-refractivity contribution in [2.75, 3.05) is 19.8 Å². The van der Waals surface area contributed by atoms with E-state index in [9.17, 15) is 13.7 Å². The minimum Gasteiger partial charge on any atom is -0.598 e. The van der Waals surface area contributed by atoms with E-state index in [1.54, 1.807) is 4.90 Å². The molecule has 1 amide bonds. The molecule has 1 heterocycles. The largest absolute Gasteiger partial charge is 0.598 e. The minimum absolute atomic E-state index is 0.233. The summed E-state index contributed by atoms with van der Waals surface area (Å²) in [6.07, 6.45) is 0.699. The van der Waals surface area contributed by atoms with Crippen LogP contribution in [0.4, 0.5) is 9.18 Å². The van der Waals surface area contributed by atoms with Crippen molar-refractivity contribution in [3.63, 3.8) is 0 Å². The summed E-state index contributed by atoms with van der Waals surface area (Å²) < 4.78 is 34.2. The Morgan fingerprint density at radius 1 is 1.29 bits per heavy atom. The summed E-state index contributed by atoms with van der Waals surface area (Å²) >= 11 is -1.25. The maximum atomic E-state index is 13.9. The Morgan fingerprint density at radius 2 is 1.79 bits per heavy atom. The van der Waals surface area contributed by atoms with Crippen LogP contribution in [0.25, 0.3) is 0 Å². The maximum absolute atomic E-state index is 13.9. The molecule has 0 aromatic carbocycles. The second-order valence-electron chi connectivity index (χ2n) is 8.68. The molecule has 24 heavy (non-hydrogen) atoms. The molecule has 1 fully saturated rings. The van der Waals surface area contributed by atoms with Crippen LogP contribution in [0.15, 0.2) is 0 Å². The van der Waals surface area contributed by atoms with Crippen molar-refractivity contribution in [1.29, 1.82) is 0 Å². The van der Waals surface area contributed by atoms with E-state index in [2.05, 4.69) is 4.72 Å². The number of ether oxygens (including phenoxy) is 1. The molecular formula is C17H33FN2O3S. The zero-order valence-electron chi connectivity index (χ0n) is 16.1. The van der Waals surface area contributed by atoms with Crippen molar-refractivity contribution in [2.45, 2.75) is 77.7 Å². The molecule has 2 unspecified atom stereocenters. The van der Waals surface area contributed by atoms with Crippen molar-refractivity contribution in [1.82, 2.24) is 9.62 Å². The fourth-order valence-electron chi connectivity index (χ4n) is 2.61. The van der Waals surface area contributed by atoms with Crippen molar-refractivity contribution < 1.29 is 18.5 Å². The van der Waals surface area contributed by atoms with E-state index in [0.29, 0.717) is 25.9 Å². The van der Waals surface area contributed by atoms with Gasteiger partial charge in [0.15, 0.2) is 0 Å². The summed E-state index contributed by atoms with van der Waals surface area (Å²) in [7, 11) is 0. The highest BCUT2D eigenvalue weighted by Crippen LogP contribution is 2.37. The number of amides is 1. The number of likely N-dealkylation sites (tertiary alicyclic amines) is 1. The molecule has 2 atom stereocenters. The van der Waals surface area contributed by atoms with Crippen LogP contribution in [-0.4, -0.2) is 51.7 Å². The highest BCUT2D eigenvalue weighted by atomic mass is 32.2. The number of rotatable bonds is 4. The first-order chi connectivity index (χ1) is 10.8. The quantitative estimate of drug-likeness (QED) is 0.777. The Bertz CT molecular complexity index is 427. The van der Waals surface area contributed by atoms with E-state index in [0.717, 1.165) is 0 Å². The third-order valence-electron chi connectivity index (χ3n) is 4.44. The summed E-state index contributed by atoms with van der Waals surface area (Å²) in [6.45, 7) is 13.4. The minimum atomic E-state index is -1.25. The first-order valence-electron chi connectivity index (χ1n) is 8.53. The van der Waals surface area contributed by atoms with Crippen LogP contribution in [-0.2, 0) is 16.1 Å². The number of carbonyl (C=O) groups excluding carboxylic acids is 1. The van der Waals surface area contributed by atoms with Gasteiger partial charge in [-0.15, -0.1) is 4.72 Å². The van der Waals surface area contributed by atoms with Crippen molar-refractivity contribution in [2.24, 2.45) is 5.41 Å². The van der Waals surface area contributed by atoms with Crippen molar-refractivity contribution >= 4 is 17.5 Å². The zero-order valence-corrected chi connectivity index (χ0v) is 16.9. The van der Waals surface area contributed by atoms with Gasteiger partial charge in [-0.2, -0.15) is 0 Å². The van der Waals surface area contributed by atoms with Gasteiger partial charge in [0.25, 0.3) is 0 Å². The molecule has 142 valence electrons. The normalized spacial score (nSPS) is 21.3. The number of halogens is 1. The SMILES string of the molecule is CC(N[S+]([O-])C(C)(C)C)C1(CF)CCN(C(=O)OC(C)(C)C)CC1. The number of nitrogens with one attached hydrogen (secondary N) is 1. The standard InChI is InChI=1S/C17H33FN2O3S/c1-13(19-24(22)16(5,6)7)17(12-18)8-10-20(11-9-17)14(21)23-15(2,3)4/h13,19H,8-12H2,1-7H3. The van der Waals surface area contributed by atoms with Gasteiger partial charge in [0.2, 0.25) is 0 Å². The molecule has 0 aromatic rings. The molecule has 5 nitrogen and oxygen atoms in total. The van der Waals surface area contributed by atoms with Gasteiger partial charge < -0.3 is 14.2 Å². The van der Waals surface area contributed by atoms with Crippen LogP contribution in [0.1, 0.15) is 61.3 Å². The van der Waals surface area contributed by atoms with E-state index >= 15 is 0 Å². The van der Waals surface area contributed by atoms with E-state index in [4.69, 9.17) is 4.74 Å². The Labute approximate surface area is 149 Å². The van der Waals surface area contributed by atoms with E-state index in [1.165, 1.54) is 0 Å². The van der Waals surface area contributed by atoms with Crippen molar-refractivity contribution in [3.8, 4) is 0 Å². The molecule has 1 N–H and O–H groups in total. The molecule has 0 spiro atoms. The summed E-state index contributed by atoms with van der Waals surface area (Å²) in [4.78, 5) is 13.8. The van der Waals surface area contributed by atoms with Gasteiger partial charge in [0.05, 0.1) is 12.7 Å². The smallest absolute Gasteiger partial charge is 0.410 e. The highest BCUT2D eigenvalue weighted by molar-refractivity contribution is 7.90. The Kier molecular flexibility index (Phi) is 6.98. The molecule has 0 aliphatic carbocycles. The van der Waals surface area contributed by atoms with Crippen LogP contribution >= 0.6 is 0 Å². The summed E-state index contributed by atoms with van der Waals surface area (Å²) in [5, 5.41) is 0. The van der Waals surface area contributed by atoms with Gasteiger partial charge in [-0.3, -0.25) is 4.39 Å². The highest BCUT2D eigenvalue weighted by Gasteiger charge is 2.44. The average molecular weight is 365 g/mol. The zero-order chi connectivity index (χ0) is 18.8. The predicted molar refractivity (Wildman–Crippen MR) is 95.9 cm³/mol. The number of piperidine rings is 1. The van der Waals surface area contributed by atoms with Crippen LogP contribution in [0.2, 0.25) is 0 Å². The van der Waals surface area contributed by atoms with Crippen LogP contribution in [0.5, 0.6) is 0 Å². The molecule has 1 saturated heterocycles. The van der Waals surface area contributed by atoms with E-state index in [1.807, 2.05) is 48.5 Å². The first kappa shape index (κ1) is 21.5. The lowest BCUT2D eigenvalue weighted by Gasteiger charge is -2.44. The summed E-state index contributed by atoms with van der Waals surface area (Å²) in [5.41, 5.74) is -1.14. The van der Waals surface area contributed by atoms with Gasteiger partial charge in [-0.1, -0.05) is 0 Å². The number of hydrogen-bond acceptors (Lipinski definition) is 4. The molecule has 1 aliphatic heterocycles. The number of hydrogen-bond donors (Lipinski definition) is 1. The average Bonchev–Trinajstić information content (AvgIpc) is 2.44. The molecule has 1 rings (SSSR count). The van der Waals surface area contributed by atoms with Gasteiger partial charge in [-0.05, 0) is 61.3 Å². The molecular weight excluding hydrogens is 331 g/mol. The first-order valence-corrected chi connectivity index (χ1v) is 9.68. The fourth-order valence-corrected chi connectivity index (χ4v) is 3.53. The maximum Gasteiger partial charge on any atom is 0.410 e. The van der Waals surface area contributed by atoms with Crippen LogP contribution in [0.3, 0.4) is 0 Å². The third-order valence-corrected chi connectivity index (χ3v) is 6.12. The fraction of sp³-hybridized carbons (Fsp3) is 0.941. The molecule has 0 aromatic heterocycles. The monoisotopic (exact) mass is 364 g/mol. The second-order valence-corrected chi connectivity index (χ2v) is 10.7. The Hall–Kier alpha value is -0.530. The van der Waals surface area contributed by atoms with E-state index < -0.39 is 33.8 Å². The molecule has 0 bridgehead atoms. The van der Waals surface area contributed by atoms with Crippen molar-refractivity contribution in [3.05, 3.63) is 0 Å². The lowest BCUT2D eigenvalue weighted by Crippen LogP contribution is -2.56. The lowest BCUT2D eigenvalue weighted by molar-refractivity contribution is 0.00153. The van der Waals surface area contributed by atoms with Gasteiger partial charge in [-0.25, -0.2) is 4.79 Å². The summed E-state index contributed by atoms with van der Waals surface area (Å²) in [6, 6.07) is -0.233. The lowest BCUT2D eigenvalue weighted by atomic mass is 9.74. The van der Waals surface area contributed by atoms with E-state index in [-0.39, 0.29) is 12.1 Å². The van der Waals surface area contributed by atoms with Gasteiger partial charge in [0, 0.05) is 29.9 Å². The number of alkyl halides is 1. The Balaban J connectivity index is 2.68. The number of carbonyl (C=O) groups is 1. The molecule has 1 aliphatic rings. The molecule has 0 radical (unpaired) electrons. The summed E-state index contributed by atoms with van der Waals surface area (Å²) in [5.74, 6) is 0. The predicted octanol–water partition coefficient (Wildman–Crippen LogP) is 3.41. The second kappa shape index (κ2) is 7.79. The number of nitrogens with zero attached hydrogens (tertiary/aromatic N) is 1. The Morgan fingerprint density at radius 3 is 2.17 bits per heavy atom.